The monoisotopic (exact) mass is 380 g/mol. The van der Waals surface area contributed by atoms with E-state index in [0.717, 1.165) is 22.0 Å². The van der Waals surface area contributed by atoms with Gasteiger partial charge in [-0.1, -0.05) is 48.5 Å². The summed E-state index contributed by atoms with van der Waals surface area (Å²) < 4.78 is 30.0. The van der Waals surface area contributed by atoms with Gasteiger partial charge in [0.15, 0.2) is 0 Å². The largest absolute Gasteiger partial charge is 0.361 e. The maximum absolute atomic E-state index is 12.9. The summed E-state index contributed by atoms with van der Waals surface area (Å²) in [6, 6.07) is 17.3. The number of nitrogens with zero attached hydrogens (tertiary/aromatic N) is 2. The number of aromatic nitrogens is 3. The Balaban J connectivity index is 1.54. The molecule has 2 aromatic carbocycles. The molecule has 0 unspecified atom stereocenters. The molecule has 0 bridgehead atoms. The fourth-order valence-corrected chi connectivity index (χ4v) is 4.43. The van der Waals surface area contributed by atoms with E-state index >= 15 is 0 Å². The van der Waals surface area contributed by atoms with E-state index < -0.39 is 10.0 Å². The van der Waals surface area contributed by atoms with Gasteiger partial charge in [0.1, 0.15) is 10.6 Å². The van der Waals surface area contributed by atoms with Gasteiger partial charge >= 0.3 is 0 Å². The van der Waals surface area contributed by atoms with Gasteiger partial charge in [-0.2, -0.15) is 5.10 Å². The molecule has 4 aromatic rings. The quantitative estimate of drug-likeness (QED) is 0.539. The molecule has 7 heteroatoms. The lowest BCUT2D eigenvalue weighted by molar-refractivity contribution is 0.582. The molecule has 0 amide bonds. The van der Waals surface area contributed by atoms with Gasteiger partial charge in [0.2, 0.25) is 10.0 Å². The van der Waals surface area contributed by atoms with Gasteiger partial charge in [-0.15, -0.1) is 0 Å². The predicted octanol–water partition coefficient (Wildman–Crippen LogP) is 3.09. The summed E-state index contributed by atoms with van der Waals surface area (Å²) in [6.07, 6.45) is 4.07. The minimum Gasteiger partial charge on any atom is -0.361 e. The standard InChI is InChI=1S/C20H20N4O2S/c1-24-14-19(20(23-24)15-7-3-2-4-8-15)27(25,26)22-12-11-16-13-21-18-10-6-5-9-17(16)18/h2-10,13-14,21-22H,11-12H2,1H3. The van der Waals surface area contributed by atoms with Crippen molar-refractivity contribution in [1.82, 2.24) is 19.5 Å². The Morgan fingerprint density at radius 2 is 1.81 bits per heavy atom. The molecule has 138 valence electrons. The lowest BCUT2D eigenvalue weighted by Crippen LogP contribution is -2.26. The summed E-state index contributed by atoms with van der Waals surface area (Å²) in [5.41, 5.74) is 3.37. The second-order valence-corrected chi connectivity index (χ2v) is 8.12. The van der Waals surface area contributed by atoms with E-state index in [9.17, 15) is 8.42 Å². The topological polar surface area (TPSA) is 79.8 Å². The average molecular weight is 380 g/mol. The molecule has 0 aliphatic heterocycles. The van der Waals surface area contributed by atoms with Crippen LogP contribution in [-0.2, 0) is 23.5 Å². The van der Waals surface area contributed by atoms with Crippen LogP contribution in [0.1, 0.15) is 5.56 Å². The molecule has 0 aliphatic rings. The zero-order chi connectivity index (χ0) is 18.9. The van der Waals surface area contributed by atoms with Crippen molar-refractivity contribution in [3.8, 4) is 11.3 Å². The molecular weight excluding hydrogens is 360 g/mol. The Hall–Kier alpha value is -2.90. The Labute approximate surface area is 157 Å². The lowest BCUT2D eigenvalue weighted by atomic mass is 10.1. The fourth-order valence-electron chi connectivity index (χ4n) is 3.20. The van der Waals surface area contributed by atoms with Crippen LogP contribution >= 0.6 is 0 Å². The van der Waals surface area contributed by atoms with Crippen LogP contribution in [0.5, 0.6) is 0 Å². The number of benzene rings is 2. The van der Waals surface area contributed by atoms with Crippen LogP contribution in [0.3, 0.4) is 0 Å². The van der Waals surface area contributed by atoms with Crippen LogP contribution in [0.4, 0.5) is 0 Å². The summed E-state index contributed by atoms with van der Waals surface area (Å²) in [7, 11) is -1.95. The molecule has 6 nitrogen and oxygen atoms in total. The third-order valence-corrected chi connectivity index (χ3v) is 5.96. The van der Waals surface area contributed by atoms with Crippen LogP contribution in [0.2, 0.25) is 0 Å². The minimum atomic E-state index is -3.67. The lowest BCUT2D eigenvalue weighted by Gasteiger charge is -2.07. The summed E-state index contributed by atoms with van der Waals surface area (Å²) in [6.45, 7) is 0.313. The van der Waals surface area contributed by atoms with Gasteiger partial charge in [0.05, 0.1) is 0 Å². The van der Waals surface area contributed by atoms with Gasteiger partial charge in [-0.05, 0) is 18.1 Å². The second-order valence-electron chi connectivity index (χ2n) is 6.39. The molecule has 4 rings (SSSR count). The SMILES string of the molecule is Cn1cc(S(=O)(=O)NCCc2c[nH]c3ccccc23)c(-c2ccccc2)n1. The Morgan fingerprint density at radius 1 is 1.07 bits per heavy atom. The molecular formula is C20H20N4O2S. The van der Waals surface area contributed by atoms with Crippen molar-refractivity contribution in [2.45, 2.75) is 11.3 Å². The first-order valence-corrected chi connectivity index (χ1v) is 10.2. The van der Waals surface area contributed by atoms with Gasteiger partial charge in [-0.3, -0.25) is 4.68 Å². The first-order valence-electron chi connectivity index (χ1n) is 8.68. The van der Waals surface area contributed by atoms with Crippen molar-refractivity contribution in [3.63, 3.8) is 0 Å². The van der Waals surface area contributed by atoms with E-state index in [-0.39, 0.29) is 4.90 Å². The number of hydrogen-bond donors (Lipinski definition) is 2. The first kappa shape index (κ1) is 17.5. The number of hydrogen-bond acceptors (Lipinski definition) is 3. The van der Waals surface area contributed by atoms with E-state index in [4.69, 9.17) is 0 Å². The molecule has 2 aromatic heterocycles. The Morgan fingerprint density at radius 3 is 2.63 bits per heavy atom. The summed E-state index contributed by atoms with van der Waals surface area (Å²) in [5, 5.41) is 5.45. The van der Waals surface area contributed by atoms with Crippen LogP contribution in [0, 0.1) is 0 Å². The molecule has 0 aliphatic carbocycles. The fraction of sp³-hybridized carbons (Fsp3) is 0.150. The van der Waals surface area contributed by atoms with E-state index in [1.165, 1.54) is 10.9 Å². The van der Waals surface area contributed by atoms with Crippen molar-refractivity contribution in [1.29, 1.82) is 0 Å². The maximum atomic E-state index is 12.9. The zero-order valence-electron chi connectivity index (χ0n) is 14.9. The van der Waals surface area contributed by atoms with Gasteiger partial charge in [0, 0.05) is 42.5 Å². The number of aryl methyl sites for hydroxylation is 1. The number of fused-ring (bicyclic) bond motifs is 1. The van der Waals surface area contributed by atoms with Gasteiger partial charge < -0.3 is 4.98 Å². The number of rotatable bonds is 6. The Kier molecular flexibility index (Phi) is 4.55. The van der Waals surface area contributed by atoms with Gasteiger partial charge in [-0.25, -0.2) is 13.1 Å². The highest BCUT2D eigenvalue weighted by molar-refractivity contribution is 7.89. The molecule has 0 radical (unpaired) electrons. The van der Waals surface area contributed by atoms with Crippen LogP contribution in [0.25, 0.3) is 22.2 Å². The molecule has 0 fully saturated rings. The summed E-state index contributed by atoms with van der Waals surface area (Å²) in [4.78, 5) is 3.40. The third-order valence-electron chi connectivity index (χ3n) is 4.49. The number of sulfonamides is 1. The van der Waals surface area contributed by atoms with Crippen molar-refractivity contribution in [2.75, 3.05) is 6.54 Å². The number of aromatic amines is 1. The van der Waals surface area contributed by atoms with Crippen molar-refractivity contribution in [2.24, 2.45) is 7.05 Å². The van der Waals surface area contributed by atoms with E-state index in [1.54, 1.807) is 7.05 Å². The van der Waals surface area contributed by atoms with Gasteiger partial charge in [0.25, 0.3) is 0 Å². The van der Waals surface area contributed by atoms with E-state index in [1.807, 2.05) is 60.8 Å². The third kappa shape index (κ3) is 3.51. The predicted molar refractivity (Wildman–Crippen MR) is 106 cm³/mol. The molecule has 2 heterocycles. The van der Waals surface area contributed by atoms with Crippen molar-refractivity contribution in [3.05, 3.63) is 72.6 Å². The van der Waals surface area contributed by atoms with E-state index in [2.05, 4.69) is 14.8 Å². The highest BCUT2D eigenvalue weighted by Crippen LogP contribution is 2.25. The van der Waals surface area contributed by atoms with Crippen molar-refractivity contribution < 1.29 is 8.42 Å². The number of para-hydroxylation sites is 1. The van der Waals surface area contributed by atoms with E-state index in [0.29, 0.717) is 18.7 Å². The van der Waals surface area contributed by atoms with Crippen LogP contribution in [0.15, 0.2) is 71.9 Å². The zero-order valence-corrected chi connectivity index (χ0v) is 15.7. The molecule has 0 atom stereocenters. The smallest absolute Gasteiger partial charge is 0.244 e. The molecule has 27 heavy (non-hydrogen) atoms. The first-order chi connectivity index (χ1) is 13.0. The summed E-state index contributed by atoms with van der Waals surface area (Å²) >= 11 is 0. The molecule has 0 saturated heterocycles. The maximum Gasteiger partial charge on any atom is 0.244 e. The molecule has 2 N–H and O–H groups in total. The number of nitrogens with one attached hydrogen (secondary N) is 2. The normalized spacial score (nSPS) is 11.9. The second kappa shape index (κ2) is 7.02. The van der Waals surface area contributed by atoms with Crippen molar-refractivity contribution >= 4 is 20.9 Å². The molecule has 0 spiro atoms. The minimum absolute atomic E-state index is 0.190. The van der Waals surface area contributed by atoms with Crippen LogP contribution < -0.4 is 4.72 Å². The highest BCUT2D eigenvalue weighted by Gasteiger charge is 2.22. The number of H-pyrrole nitrogens is 1. The summed E-state index contributed by atoms with van der Waals surface area (Å²) in [5.74, 6) is 0. The Bertz CT molecular complexity index is 1180. The highest BCUT2D eigenvalue weighted by atomic mass is 32.2. The van der Waals surface area contributed by atoms with Crippen LogP contribution in [-0.4, -0.2) is 29.7 Å². The average Bonchev–Trinajstić information content (AvgIpc) is 3.27. The molecule has 0 saturated carbocycles.